The van der Waals surface area contributed by atoms with Crippen LogP contribution >= 0.6 is 0 Å². The predicted molar refractivity (Wildman–Crippen MR) is 25.8 cm³/mol. The highest BCUT2D eigenvalue weighted by Gasteiger charge is 2.40. The summed E-state index contributed by atoms with van der Waals surface area (Å²) in [6.45, 7) is 0.0366. The van der Waals surface area contributed by atoms with Gasteiger partial charge in [-0.25, -0.2) is 0 Å². The zero-order valence-corrected chi connectivity index (χ0v) is 4.37. The summed E-state index contributed by atoms with van der Waals surface area (Å²) < 4.78 is 34.7. The maximum absolute atomic E-state index is 11.6. The van der Waals surface area contributed by atoms with Crippen LogP contribution in [0.25, 0.3) is 0 Å². The summed E-state index contributed by atoms with van der Waals surface area (Å²) in [6, 6.07) is -0.762. The zero-order chi connectivity index (χ0) is 6.91. The molecular weight excluding hydrogens is 133 g/mol. The molecule has 2 nitrogen and oxygen atoms in total. The second-order valence-corrected chi connectivity index (χ2v) is 1.56. The lowest BCUT2D eigenvalue weighted by atomic mass is 10.3. The van der Waals surface area contributed by atoms with Crippen molar-refractivity contribution in [1.29, 1.82) is 0 Å². The summed E-state index contributed by atoms with van der Waals surface area (Å²) in [5, 5.41) is 2.07. The molecule has 1 aliphatic rings. The average molecular weight is 137 g/mol. The Kier molecular flexibility index (Phi) is 1.44. The summed E-state index contributed by atoms with van der Waals surface area (Å²) in [5.74, 6) is 0. The van der Waals surface area contributed by atoms with Crippen LogP contribution in [-0.2, 0) is 0 Å². The van der Waals surface area contributed by atoms with Crippen molar-refractivity contribution >= 4 is 6.21 Å². The Morgan fingerprint density at radius 1 is 1.56 bits per heavy atom. The van der Waals surface area contributed by atoms with Gasteiger partial charge in [0.1, 0.15) is 0 Å². The zero-order valence-electron chi connectivity index (χ0n) is 4.37. The van der Waals surface area contributed by atoms with Crippen molar-refractivity contribution in [1.82, 2.24) is 5.32 Å². The van der Waals surface area contributed by atoms with Gasteiger partial charge in [0.05, 0.1) is 6.67 Å². The lowest BCUT2D eigenvalue weighted by Crippen LogP contribution is -2.31. The predicted octanol–water partition coefficient (Wildman–Crippen LogP) is 0.712. The van der Waals surface area contributed by atoms with Gasteiger partial charge in [0.2, 0.25) is 0 Å². The molecule has 0 atom stereocenters. The van der Waals surface area contributed by atoms with E-state index in [2.05, 4.69) is 10.3 Å². The minimum Gasteiger partial charge on any atom is -0.280 e. The van der Waals surface area contributed by atoms with Gasteiger partial charge in [0, 0.05) is 6.21 Å². The number of alkyl halides is 3. The molecular formula is C4H4F3N2. The Labute approximate surface area is 49.8 Å². The number of nitrogens with one attached hydrogen (secondary N) is 1. The first kappa shape index (κ1) is 6.54. The number of hydrogen-bond acceptors (Lipinski definition) is 2. The first-order chi connectivity index (χ1) is 4.11. The Morgan fingerprint density at radius 2 is 2.22 bits per heavy atom. The second-order valence-electron chi connectivity index (χ2n) is 1.56. The van der Waals surface area contributed by atoms with E-state index in [9.17, 15) is 13.2 Å². The van der Waals surface area contributed by atoms with Crippen LogP contribution in [0.3, 0.4) is 0 Å². The maximum Gasteiger partial charge on any atom is 0.414 e. The fourth-order valence-electron chi connectivity index (χ4n) is 0.487. The molecule has 0 spiro atoms. The standard InChI is InChI=1S/C4H4F3N2/c5-4(6,7)3-1-8-2-9-3/h1,9H,2H2. The molecule has 1 heterocycles. The fourth-order valence-corrected chi connectivity index (χ4v) is 0.487. The van der Waals surface area contributed by atoms with Crippen molar-refractivity contribution < 1.29 is 13.2 Å². The normalized spacial score (nSPS) is 21.2. The molecule has 0 aromatic rings. The monoisotopic (exact) mass is 137 g/mol. The molecule has 1 radical (unpaired) electrons. The van der Waals surface area contributed by atoms with Gasteiger partial charge in [-0.2, -0.15) is 13.2 Å². The quantitative estimate of drug-likeness (QED) is 0.522. The molecule has 0 amide bonds. The van der Waals surface area contributed by atoms with E-state index >= 15 is 0 Å². The number of hydrogen-bond donors (Lipinski definition) is 1. The van der Waals surface area contributed by atoms with Crippen molar-refractivity contribution in [2.24, 2.45) is 4.99 Å². The van der Waals surface area contributed by atoms with Crippen LogP contribution in [0, 0.1) is 6.04 Å². The molecule has 0 saturated carbocycles. The first-order valence-electron chi connectivity index (χ1n) is 2.28. The van der Waals surface area contributed by atoms with Crippen molar-refractivity contribution in [3.8, 4) is 0 Å². The first-order valence-corrected chi connectivity index (χ1v) is 2.28. The molecule has 1 aliphatic heterocycles. The number of nitrogens with zero attached hydrogens (tertiary/aromatic N) is 1. The van der Waals surface area contributed by atoms with Crippen LogP contribution in [-0.4, -0.2) is 19.1 Å². The second kappa shape index (κ2) is 1.98. The molecule has 0 aromatic heterocycles. The van der Waals surface area contributed by atoms with Crippen LogP contribution in [0.1, 0.15) is 0 Å². The van der Waals surface area contributed by atoms with Gasteiger partial charge >= 0.3 is 6.18 Å². The molecule has 0 aliphatic carbocycles. The van der Waals surface area contributed by atoms with Crippen LogP contribution in [0.2, 0.25) is 0 Å². The third kappa shape index (κ3) is 1.41. The van der Waals surface area contributed by atoms with Gasteiger partial charge in [-0.15, -0.1) is 0 Å². The molecule has 0 unspecified atom stereocenters. The maximum atomic E-state index is 11.6. The topological polar surface area (TPSA) is 24.4 Å². The van der Waals surface area contributed by atoms with Gasteiger partial charge in [-0.3, -0.25) is 10.3 Å². The van der Waals surface area contributed by atoms with Gasteiger partial charge in [0.25, 0.3) is 0 Å². The Morgan fingerprint density at radius 3 is 2.44 bits per heavy atom. The largest absolute Gasteiger partial charge is 0.414 e. The van der Waals surface area contributed by atoms with Crippen LogP contribution < -0.4 is 5.32 Å². The average Bonchev–Trinajstić information content (AvgIpc) is 2.08. The lowest BCUT2D eigenvalue weighted by Gasteiger charge is -2.09. The number of halogens is 3. The highest BCUT2D eigenvalue weighted by molar-refractivity contribution is 5.76. The fraction of sp³-hybridized carbons (Fsp3) is 0.500. The minimum atomic E-state index is -4.26. The number of aliphatic imine (C=N–C) groups is 1. The molecule has 51 valence electrons. The molecule has 1 N–H and O–H groups in total. The molecule has 9 heavy (non-hydrogen) atoms. The SMILES string of the molecule is FC(F)(F)[C]1C=NCN1. The van der Waals surface area contributed by atoms with Crippen molar-refractivity contribution in [2.75, 3.05) is 6.67 Å². The van der Waals surface area contributed by atoms with E-state index < -0.39 is 12.2 Å². The molecule has 5 heteroatoms. The summed E-state index contributed by atoms with van der Waals surface area (Å²) in [6.07, 6.45) is -3.47. The molecule has 0 fully saturated rings. The Bertz CT molecular complexity index is 128. The van der Waals surface area contributed by atoms with Crippen LogP contribution in [0.5, 0.6) is 0 Å². The highest BCUT2D eigenvalue weighted by atomic mass is 19.4. The van der Waals surface area contributed by atoms with E-state index in [1.54, 1.807) is 0 Å². The Hall–Kier alpha value is -0.580. The molecule has 0 saturated heterocycles. The lowest BCUT2D eigenvalue weighted by molar-refractivity contribution is -0.109. The van der Waals surface area contributed by atoms with Crippen molar-refractivity contribution in [3.63, 3.8) is 0 Å². The van der Waals surface area contributed by atoms with E-state index in [0.717, 1.165) is 6.21 Å². The molecule has 1 rings (SSSR count). The third-order valence-corrected chi connectivity index (χ3v) is 0.887. The summed E-state index contributed by atoms with van der Waals surface area (Å²) in [7, 11) is 0. The smallest absolute Gasteiger partial charge is 0.280 e. The van der Waals surface area contributed by atoms with E-state index in [1.807, 2.05) is 0 Å². The van der Waals surface area contributed by atoms with E-state index in [4.69, 9.17) is 0 Å². The van der Waals surface area contributed by atoms with Crippen molar-refractivity contribution in [3.05, 3.63) is 6.04 Å². The van der Waals surface area contributed by atoms with Crippen LogP contribution in [0.4, 0.5) is 13.2 Å². The summed E-state index contributed by atoms with van der Waals surface area (Å²) in [4.78, 5) is 3.34. The van der Waals surface area contributed by atoms with E-state index in [0.29, 0.717) is 0 Å². The van der Waals surface area contributed by atoms with Gasteiger partial charge in [-0.05, 0) is 0 Å². The van der Waals surface area contributed by atoms with E-state index in [-0.39, 0.29) is 6.67 Å². The Balaban J connectivity index is 2.53. The molecule has 0 aromatic carbocycles. The third-order valence-electron chi connectivity index (χ3n) is 0.887. The van der Waals surface area contributed by atoms with Gasteiger partial charge in [0.15, 0.2) is 6.04 Å². The summed E-state index contributed by atoms with van der Waals surface area (Å²) >= 11 is 0. The highest BCUT2D eigenvalue weighted by Crippen LogP contribution is 2.25. The molecule has 0 bridgehead atoms. The number of rotatable bonds is 0. The van der Waals surface area contributed by atoms with Gasteiger partial charge in [-0.1, -0.05) is 0 Å². The summed E-state index contributed by atoms with van der Waals surface area (Å²) in [5.41, 5.74) is 0. The van der Waals surface area contributed by atoms with Crippen LogP contribution in [0.15, 0.2) is 4.99 Å². The van der Waals surface area contributed by atoms with E-state index in [1.165, 1.54) is 0 Å². The van der Waals surface area contributed by atoms with Crippen molar-refractivity contribution in [2.45, 2.75) is 6.18 Å². The minimum absolute atomic E-state index is 0.0366. The van der Waals surface area contributed by atoms with Gasteiger partial charge < -0.3 is 0 Å².